The standard InChI is InChI=1S/C25H22FN3O/c1-17-3-7-20(8-4-17)25-22(29-14-13-18(2)15-23(29)28-25)11-12-24(30)27-16-19-5-9-21(26)10-6-19/h3-15H,16H2,1-2H3,(H,27,30)/b12-11+. The summed E-state index contributed by atoms with van der Waals surface area (Å²) in [4.78, 5) is 17.2. The fraction of sp³-hybridized carbons (Fsp3) is 0.120. The molecule has 0 spiro atoms. The zero-order valence-corrected chi connectivity index (χ0v) is 16.9. The van der Waals surface area contributed by atoms with Gasteiger partial charge in [-0.1, -0.05) is 42.0 Å². The number of aromatic nitrogens is 2. The summed E-state index contributed by atoms with van der Waals surface area (Å²) >= 11 is 0. The Hall–Kier alpha value is -3.73. The number of carbonyl (C=O) groups excluding carboxylic acids is 1. The van der Waals surface area contributed by atoms with E-state index in [0.717, 1.165) is 33.7 Å². The maximum absolute atomic E-state index is 13.0. The van der Waals surface area contributed by atoms with Crippen LogP contribution in [0.15, 0.2) is 72.9 Å². The van der Waals surface area contributed by atoms with Gasteiger partial charge in [-0.3, -0.25) is 9.20 Å². The smallest absolute Gasteiger partial charge is 0.244 e. The number of halogens is 1. The van der Waals surface area contributed by atoms with Gasteiger partial charge in [0.25, 0.3) is 0 Å². The molecular formula is C25H22FN3O. The van der Waals surface area contributed by atoms with Crippen LogP contribution < -0.4 is 5.32 Å². The molecule has 0 aliphatic heterocycles. The molecule has 0 saturated carbocycles. The van der Waals surface area contributed by atoms with Crippen LogP contribution in [0.1, 0.15) is 22.4 Å². The highest BCUT2D eigenvalue weighted by Crippen LogP contribution is 2.26. The summed E-state index contributed by atoms with van der Waals surface area (Å²) < 4.78 is 15.0. The summed E-state index contributed by atoms with van der Waals surface area (Å²) in [5.74, 6) is -0.521. The van der Waals surface area contributed by atoms with Crippen molar-refractivity contribution in [1.82, 2.24) is 14.7 Å². The maximum atomic E-state index is 13.0. The average molecular weight is 399 g/mol. The number of hydrogen-bond donors (Lipinski definition) is 1. The molecule has 30 heavy (non-hydrogen) atoms. The van der Waals surface area contributed by atoms with Crippen LogP contribution in [0.4, 0.5) is 4.39 Å². The summed E-state index contributed by atoms with van der Waals surface area (Å²) in [7, 11) is 0. The Morgan fingerprint density at radius 1 is 1.03 bits per heavy atom. The van der Waals surface area contributed by atoms with Gasteiger partial charge in [0.1, 0.15) is 11.5 Å². The van der Waals surface area contributed by atoms with E-state index >= 15 is 0 Å². The Kier molecular flexibility index (Phi) is 5.44. The molecule has 2 aromatic heterocycles. The lowest BCUT2D eigenvalue weighted by Gasteiger charge is -2.04. The van der Waals surface area contributed by atoms with Gasteiger partial charge in [0.05, 0.1) is 11.4 Å². The summed E-state index contributed by atoms with van der Waals surface area (Å²) in [5.41, 5.74) is 6.62. The Labute approximate surface area is 174 Å². The number of pyridine rings is 1. The second-order valence-electron chi connectivity index (χ2n) is 7.32. The van der Waals surface area contributed by atoms with Gasteiger partial charge >= 0.3 is 0 Å². The maximum Gasteiger partial charge on any atom is 0.244 e. The molecule has 4 rings (SSSR count). The summed E-state index contributed by atoms with van der Waals surface area (Å²) in [6.07, 6.45) is 5.25. The van der Waals surface area contributed by atoms with E-state index < -0.39 is 0 Å². The van der Waals surface area contributed by atoms with E-state index in [2.05, 4.69) is 5.32 Å². The first-order valence-corrected chi connectivity index (χ1v) is 9.76. The molecule has 1 N–H and O–H groups in total. The largest absolute Gasteiger partial charge is 0.348 e. The predicted octanol–water partition coefficient (Wildman–Crippen LogP) is 5.09. The number of carbonyl (C=O) groups is 1. The van der Waals surface area contributed by atoms with Gasteiger partial charge in [-0.05, 0) is 55.3 Å². The quantitative estimate of drug-likeness (QED) is 0.475. The number of fused-ring (bicyclic) bond motifs is 1. The Morgan fingerprint density at radius 3 is 2.50 bits per heavy atom. The molecule has 4 aromatic rings. The highest BCUT2D eigenvalue weighted by Gasteiger charge is 2.12. The normalized spacial score (nSPS) is 11.3. The minimum atomic E-state index is -0.295. The van der Waals surface area contributed by atoms with E-state index in [9.17, 15) is 9.18 Å². The molecule has 0 unspecified atom stereocenters. The van der Waals surface area contributed by atoms with Gasteiger partial charge in [-0.2, -0.15) is 0 Å². The van der Waals surface area contributed by atoms with Crippen molar-refractivity contribution in [3.63, 3.8) is 0 Å². The van der Waals surface area contributed by atoms with Crippen molar-refractivity contribution in [2.24, 2.45) is 0 Å². The Morgan fingerprint density at radius 2 is 1.77 bits per heavy atom. The number of benzene rings is 2. The molecule has 5 heteroatoms. The average Bonchev–Trinajstić information content (AvgIpc) is 3.09. The molecule has 0 saturated heterocycles. The minimum absolute atomic E-state index is 0.226. The van der Waals surface area contributed by atoms with Crippen LogP contribution in [0, 0.1) is 19.7 Å². The highest BCUT2D eigenvalue weighted by atomic mass is 19.1. The second kappa shape index (κ2) is 8.33. The number of nitrogens with one attached hydrogen (secondary N) is 1. The number of imidazole rings is 1. The summed E-state index contributed by atoms with van der Waals surface area (Å²) in [6.45, 7) is 4.41. The van der Waals surface area contributed by atoms with Crippen LogP contribution in [-0.4, -0.2) is 15.3 Å². The third-order valence-electron chi connectivity index (χ3n) is 4.92. The van der Waals surface area contributed by atoms with Crippen molar-refractivity contribution in [3.8, 4) is 11.3 Å². The molecule has 4 nitrogen and oxygen atoms in total. The number of hydrogen-bond acceptors (Lipinski definition) is 2. The molecular weight excluding hydrogens is 377 g/mol. The van der Waals surface area contributed by atoms with Crippen molar-refractivity contribution in [2.75, 3.05) is 0 Å². The van der Waals surface area contributed by atoms with Gasteiger partial charge in [-0.15, -0.1) is 0 Å². The van der Waals surface area contributed by atoms with E-state index in [4.69, 9.17) is 4.98 Å². The third kappa shape index (κ3) is 4.30. The van der Waals surface area contributed by atoms with E-state index in [-0.39, 0.29) is 11.7 Å². The van der Waals surface area contributed by atoms with Crippen LogP contribution in [0.3, 0.4) is 0 Å². The van der Waals surface area contributed by atoms with Crippen LogP contribution >= 0.6 is 0 Å². The SMILES string of the molecule is Cc1ccc(-c2nc3cc(C)ccn3c2/C=C/C(=O)NCc2ccc(F)cc2)cc1. The molecule has 0 aliphatic carbocycles. The summed E-state index contributed by atoms with van der Waals surface area (Å²) in [5, 5.41) is 2.83. The fourth-order valence-electron chi connectivity index (χ4n) is 3.25. The van der Waals surface area contributed by atoms with Gasteiger partial charge in [0, 0.05) is 24.4 Å². The van der Waals surface area contributed by atoms with Crippen LogP contribution in [0.5, 0.6) is 0 Å². The van der Waals surface area contributed by atoms with E-state index in [0.29, 0.717) is 6.54 Å². The molecule has 150 valence electrons. The molecule has 2 aromatic carbocycles. The Balaban J connectivity index is 1.61. The molecule has 0 fully saturated rings. The zero-order chi connectivity index (χ0) is 21.1. The molecule has 0 bridgehead atoms. The fourth-order valence-corrected chi connectivity index (χ4v) is 3.25. The first kappa shape index (κ1) is 19.6. The van der Waals surface area contributed by atoms with Crippen molar-refractivity contribution in [3.05, 3.63) is 101 Å². The lowest BCUT2D eigenvalue weighted by Crippen LogP contribution is -2.20. The van der Waals surface area contributed by atoms with Crippen LogP contribution in [0.25, 0.3) is 23.0 Å². The van der Waals surface area contributed by atoms with Gasteiger partial charge < -0.3 is 5.32 Å². The lowest BCUT2D eigenvalue weighted by molar-refractivity contribution is -0.116. The van der Waals surface area contributed by atoms with Crippen molar-refractivity contribution < 1.29 is 9.18 Å². The van der Waals surface area contributed by atoms with Crippen LogP contribution in [0.2, 0.25) is 0 Å². The monoisotopic (exact) mass is 399 g/mol. The topological polar surface area (TPSA) is 46.4 Å². The molecule has 0 atom stereocenters. The van der Waals surface area contributed by atoms with Crippen molar-refractivity contribution >= 4 is 17.6 Å². The molecule has 0 aliphatic rings. The minimum Gasteiger partial charge on any atom is -0.348 e. The van der Waals surface area contributed by atoms with Gasteiger partial charge in [-0.25, -0.2) is 9.37 Å². The second-order valence-corrected chi connectivity index (χ2v) is 7.32. The number of rotatable bonds is 5. The highest BCUT2D eigenvalue weighted by molar-refractivity contribution is 5.92. The van der Waals surface area contributed by atoms with E-state index in [1.807, 2.05) is 60.8 Å². The van der Waals surface area contributed by atoms with Gasteiger partial charge in [0.15, 0.2) is 0 Å². The first-order valence-electron chi connectivity index (χ1n) is 9.76. The first-order chi connectivity index (χ1) is 14.5. The van der Waals surface area contributed by atoms with E-state index in [1.54, 1.807) is 18.2 Å². The molecule has 1 amide bonds. The lowest BCUT2D eigenvalue weighted by atomic mass is 10.1. The number of aryl methyl sites for hydroxylation is 2. The van der Waals surface area contributed by atoms with Gasteiger partial charge in [0.2, 0.25) is 5.91 Å². The van der Waals surface area contributed by atoms with Crippen LogP contribution in [-0.2, 0) is 11.3 Å². The zero-order valence-electron chi connectivity index (χ0n) is 16.9. The summed E-state index contributed by atoms with van der Waals surface area (Å²) in [6, 6.07) is 18.3. The molecule has 2 heterocycles. The third-order valence-corrected chi connectivity index (χ3v) is 4.92. The number of amides is 1. The number of nitrogens with zero attached hydrogens (tertiary/aromatic N) is 2. The van der Waals surface area contributed by atoms with E-state index in [1.165, 1.54) is 23.8 Å². The van der Waals surface area contributed by atoms with Crippen molar-refractivity contribution in [1.29, 1.82) is 0 Å². The Bertz CT molecular complexity index is 1220. The predicted molar refractivity (Wildman–Crippen MR) is 117 cm³/mol. The van der Waals surface area contributed by atoms with Crippen molar-refractivity contribution in [2.45, 2.75) is 20.4 Å². The molecule has 0 radical (unpaired) electrons.